The maximum atomic E-state index is 13.9. The van der Waals surface area contributed by atoms with E-state index in [4.69, 9.17) is 11.6 Å². The van der Waals surface area contributed by atoms with Crippen LogP contribution in [0.2, 0.25) is 5.02 Å². The number of aliphatic hydroxyl groups is 1. The Labute approximate surface area is 114 Å². The van der Waals surface area contributed by atoms with Gasteiger partial charge in [0.25, 0.3) is 0 Å². The highest BCUT2D eigenvalue weighted by atomic mass is 79.9. The number of aliphatic hydroxyl groups excluding tert-OH is 1. The number of hydrogen-bond donors (Lipinski definition) is 1. The molecule has 0 saturated heterocycles. The Hall–Kier alpha value is -0.120. The molecule has 1 atom stereocenters. The standard InChI is InChI=1S/C13H15BrClFO/c14-10-7-6-9(12(16)11(10)15)13(17)8-4-2-1-3-5-8/h6-8,13,17H,1-5H2. The van der Waals surface area contributed by atoms with E-state index in [0.717, 1.165) is 25.7 Å². The predicted octanol–water partition coefficient (Wildman–Crippen LogP) is 4.86. The van der Waals surface area contributed by atoms with Gasteiger partial charge in [-0.2, -0.15) is 0 Å². The minimum absolute atomic E-state index is 0.0531. The van der Waals surface area contributed by atoms with Crippen molar-refractivity contribution in [3.8, 4) is 0 Å². The topological polar surface area (TPSA) is 20.2 Å². The SMILES string of the molecule is OC(c1ccc(Br)c(Cl)c1F)C1CCCCC1. The first-order valence-corrected chi connectivity index (χ1v) is 7.10. The van der Waals surface area contributed by atoms with Gasteiger partial charge in [-0.1, -0.05) is 36.9 Å². The third-order valence-electron chi connectivity index (χ3n) is 3.48. The van der Waals surface area contributed by atoms with Crippen molar-refractivity contribution in [2.24, 2.45) is 5.92 Å². The van der Waals surface area contributed by atoms with Gasteiger partial charge in [-0.05, 0) is 40.8 Å². The summed E-state index contributed by atoms with van der Waals surface area (Å²) in [6.07, 6.45) is 4.65. The maximum absolute atomic E-state index is 13.9. The average Bonchev–Trinajstić information content (AvgIpc) is 2.36. The van der Waals surface area contributed by atoms with Crippen LogP contribution in [0, 0.1) is 11.7 Å². The molecule has 4 heteroatoms. The molecule has 0 bridgehead atoms. The molecule has 17 heavy (non-hydrogen) atoms. The zero-order chi connectivity index (χ0) is 12.4. The number of rotatable bonds is 2. The van der Waals surface area contributed by atoms with Crippen molar-refractivity contribution in [3.63, 3.8) is 0 Å². The van der Waals surface area contributed by atoms with Crippen LogP contribution in [0.4, 0.5) is 4.39 Å². The summed E-state index contributed by atoms with van der Waals surface area (Å²) in [6.45, 7) is 0. The summed E-state index contributed by atoms with van der Waals surface area (Å²) < 4.78 is 14.5. The highest BCUT2D eigenvalue weighted by Gasteiger charge is 2.26. The summed E-state index contributed by atoms with van der Waals surface area (Å²) >= 11 is 9.00. The Morgan fingerprint density at radius 2 is 1.94 bits per heavy atom. The van der Waals surface area contributed by atoms with E-state index in [0.29, 0.717) is 10.0 Å². The predicted molar refractivity (Wildman–Crippen MR) is 70.6 cm³/mol. The largest absolute Gasteiger partial charge is 0.388 e. The molecule has 1 aliphatic carbocycles. The minimum Gasteiger partial charge on any atom is -0.388 e. The lowest BCUT2D eigenvalue weighted by Gasteiger charge is -2.27. The molecular weight excluding hydrogens is 306 g/mol. The van der Waals surface area contributed by atoms with Gasteiger partial charge >= 0.3 is 0 Å². The van der Waals surface area contributed by atoms with Crippen molar-refractivity contribution >= 4 is 27.5 Å². The fourth-order valence-corrected chi connectivity index (χ4v) is 2.95. The monoisotopic (exact) mass is 320 g/mol. The lowest BCUT2D eigenvalue weighted by Crippen LogP contribution is -2.17. The maximum Gasteiger partial charge on any atom is 0.148 e. The van der Waals surface area contributed by atoms with E-state index >= 15 is 0 Å². The van der Waals surface area contributed by atoms with Gasteiger partial charge in [0.1, 0.15) is 5.82 Å². The summed E-state index contributed by atoms with van der Waals surface area (Å²) in [5.74, 6) is -0.338. The van der Waals surface area contributed by atoms with Gasteiger partial charge in [0.05, 0.1) is 11.1 Å². The summed E-state index contributed by atoms with van der Waals surface area (Å²) in [7, 11) is 0. The summed E-state index contributed by atoms with van der Waals surface area (Å²) in [5, 5.41) is 10.3. The van der Waals surface area contributed by atoms with Crippen molar-refractivity contribution in [2.75, 3.05) is 0 Å². The van der Waals surface area contributed by atoms with E-state index in [-0.39, 0.29) is 10.9 Å². The Morgan fingerprint density at radius 1 is 1.29 bits per heavy atom. The second-order valence-electron chi connectivity index (χ2n) is 4.61. The van der Waals surface area contributed by atoms with E-state index in [9.17, 15) is 9.50 Å². The van der Waals surface area contributed by atoms with E-state index in [1.807, 2.05) is 0 Å². The molecule has 0 radical (unpaired) electrons. The van der Waals surface area contributed by atoms with Crippen LogP contribution in [-0.2, 0) is 0 Å². The van der Waals surface area contributed by atoms with Gasteiger partial charge in [-0.3, -0.25) is 0 Å². The van der Waals surface area contributed by atoms with Crippen molar-refractivity contribution < 1.29 is 9.50 Å². The molecule has 0 amide bonds. The average molecular weight is 322 g/mol. The molecule has 1 unspecified atom stereocenters. The molecule has 0 aliphatic heterocycles. The van der Waals surface area contributed by atoms with E-state index in [1.54, 1.807) is 12.1 Å². The van der Waals surface area contributed by atoms with Crippen LogP contribution in [0.15, 0.2) is 16.6 Å². The number of halogens is 3. The Balaban J connectivity index is 2.24. The summed E-state index contributed by atoms with van der Waals surface area (Å²) in [6, 6.07) is 3.30. The van der Waals surface area contributed by atoms with Crippen LogP contribution < -0.4 is 0 Å². The zero-order valence-corrected chi connectivity index (χ0v) is 11.8. The summed E-state index contributed by atoms with van der Waals surface area (Å²) in [5.41, 5.74) is 0.324. The third-order valence-corrected chi connectivity index (χ3v) is 4.74. The molecule has 1 aromatic rings. The molecule has 1 saturated carbocycles. The summed E-state index contributed by atoms with van der Waals surface area (Å²) in [4.78, 5) is 0. The molecule has 1 nitrogen and oxygen atoms in total. The number of benzene rings is 1. The van der Waals surface area contributed by atoms with Crippen LogP contribution in [0.1, 0.15) is 43.8 Å². The molecule has 1 fully saturated rings. The molecule has 0 heterocycles. The second kappa shape index (κ2) is 5.68. The molecule has 1 aromatic carbocycles. The fourth-order valence-electron chi connectivity index (χ4n) is 2.47. The van der Waals surface area contributed by atoms with Gasteiger partial charge in [-0.15, -0.1) is 0 Å². The molecule has 2 rings (SSSR count). The van der Waals surface area contributed by atoms with Crippen LogP contribution in [0.3, 0.4) is 0 Å². The van der Waals surface area contributed by atoms with Gasteiger partial charge in [-0.25, -0.2) is 4.39 Å². The van der Waals surface area contributed by atoms with Gasteiger partial charge in [0.2, 0.25) is 0 Å². The first-order chi connectivity index (χ1) is 8.11. The first kappa shape index (κ1) is 13.3. The quantitative estimate of drug-likeness (QED) is 0.772. The highest BCUT2D eigenvalue weighted by molar-refractivity contribution is 9.10. The smallest absolute Gasteiger partial charge is 0.148 e. The second-order valence-corrected chi connectivity index (χ2v) is 5.84. The molecular formula is C13H15BrClFO. The van der Waals surface area contributed by atoms with Crippen molar-refractivity contribution in [1.82, 2.24) is 0 Å². The van der Waals surface area contributed by atoms with Gasteiger partial charge in [0.15, 0.2) is 0 Å². The van der Waals surface area contributed by atoms with Crippen molar-refractivity contribution in [3.05, 3.63) is 33.0 Å². The molecule has 1 aliphatic rings. The minimum atomic E-state index is -0.735. The van der Waals surface area contributed by atoms with Crippen LogP contribution >= 0.6 is 27.5 Å². The van der Waals surface area contributed by atoms with E-state index in [1.165, 1.54) is 6.42 Å². The fraction of sp³-hybridized carbons (Fsp3) is 0.538. The molecule has 0 spiro atoms. The Kier molecular flexibility index (Phi) is 4.45. The van der Waals surface area contributed by atoms with E-state index < -0.39 is 11.9 Å². The zero-order valence-electron chi connectivity index (χ0n) is 9.43. The normalized spacial score (nSPS) is 19.3. The van der Waals surface area contributed by atoms with Crippen molar-refractivity contribution in [2.45, 2.75) is 38.2 Å². The Morgan fingerprint density at radius 3 is 2.59 bits per heavy atom. The highest BCUT2D eigenvalue weighted by Crippen LogP contribution is 2.38. The van der Waals surface area contributed by atoms with Gasteiger partial charge < -0.3 is 5.11 Å². The van der Waals surface area contributed by atoms with Crippen molar-refractivity contribution in [1.29, 1.82) is 0 Å². The number of hydrogen-bond acceptors (Lipinski definition) is 1. The van der Waals surface area contributed by atoms with Crippen LogP contribution in [-0.4, -0.2) is 5.11 Å². The molecule has 94 valence electrons. The molecule has 0 aromatic heterocycles. The van der Waals surface area contributed by atoms with E-state index in [2.05, 4.69) is 15.9 Å². The molecule has 1 N–H and O–H groups in total. The first-order valence-electron chi connectivity index (χ1n) is 5.92. The Bertz CT molecular complexity index is 405. The van der Waals surface area contributed by atoms with Crippen LogP contribution in [0.5, 0.6) is 0 Å². The van der Waals surface area contributed by atoms with Crippen LogP contribution in [0.25, 0.3) is 0 Å². The van der Waals surface area contributed by atoms with Gasteiger partial charge in [0, 0.05) is 10.0 Å². The third kappa shape index (κ3) is 2.83. The lowest BCUT2D eigenvalue weighted by molar-refractivity contribution is 0.0816. The lowest BCUT2D eigenvalue weighted by atomic mass is 9.82.